The highest BCUT2D eigenvalue weighted by molar-refractivity contribution is 6.18. The van der Waals surface area contributed by atoms with Gasteiger partial charge in [0.2, 0.25) is 0 Å². The lowest BCUT2D eigenvalue weighted by atomic mass is 9.98. The minimum Gasteiger partial charge on any atom is -0.394 e. The first-order chi connectivity index (χ1) is 11.0. The molecule has 0 aliphatic carbocycles. The zero-order chi connectivity index (χ0) is 17.4. The second-order valence-corrected chi connectivity index (χ2v) is 5.56. The maximum Gasteiger partial charge on any atom is 0.319 e. The normalized spacial score (nSPS) is 31.0. The molecule has 23 heavy (non-hydrogen) atoms. The van der Waals surface area contributed by atoms with Crippen molar-refractivity contribution in [1.29, 1.82) is 0 Å². The first-order valence-corrected chi connectivity index (χ1v) is 7.91. The lowest BCUT2D eigenvalue weighted by molar-refractivity contribution is -0.257. The number of alkyl halides is 1. The summed E-state index contributed by atoms with van der Waals surface area (Å²) in [7, 11) is 1.52. The largest absolute Gasteiger partial charge is 0.394 e. The van der Waals surface area contributed by atoms with E-state index in [4.69, 9.17) is 21.1 Å². The number of rotatable bonds is 8. The smallest absolute Gasteiger partial charge is 0.319 e. The molecule has 10 heteroatoms. The Kier molecular flexibility index (Phi) is 9.07. The molecule has 0 spiro atoms. The molecule has 0 aromatic heterocycles. The van der Waals surface area contributed by atoms with E-state index in [9.17, 15) is 25.2 Å². The van der Waals surface area contributed by atoms with Gasteiger partial charge in [-0.2, -0.15) is 0 Å². The van der Waals surface area contributed by atoms with Crippen molar-refractivity contribution in [3.05, 3.63) is 0 Å². The van der Waals surface area contributed by atoms with Crippen LogP contribution in [-0.4, -0.2) is 101 Å². The lowest BCUT2D eigenvalue weighted by Crippen LogP contribution is -2.65. The van der Waals surface area contributed by atoms with E-state index >= 15 is 0 Å². The van der Waals surface area contributed by atoms with Crippen LogP contribution in [0.4, 0.5) is 4.79 Å². The molecule has 0 unspecified atom stereocenters. The number of aliphatic hydroxyl groups is 4. The topological polar surface area (TPSA) is 132 Å². The SMILES string of the molecule is COCCCN(C(=O)NCCCl)[C@@H]1O[C@H](CO)[C@@H](O)[C@H](O)[C@H]1O. The summed E-state index contributed by atoms with van der Waals surface area (Å²) < 4.78 is 10.3. The Hall–Kier alpha value is -0.680. The van der Waals surface area contributed by atoms with E-state index in [-0.39, 0.29) is 19.0 Å². The second kappa shape index (κ2) is 10.2. The maximum absolute atomic E-state index is 12.2. The predicted octanol–water partition coefficient (Wildman–Crippen LogP) is -1.93. The van der Waals surface area contributed by atoms with Gasteiger partial charge in [0.1, 0.15) is 24.4 Å². The molecule has 1 saturated heterocycles. The molecule has 1 aliphatic rings. The molecule has 1 rings (SSSR count). The average Bonchev–Trinajstić information content (AvgIpc) is 2.55. The molecule has 0 bridgehead atoms. The number of amides is 2. The molecule has 2 amide bonds. The van der Waals surface area contributed by atoms with Crippen LogP contribution in [0.2, 0.25) is 0 Å². The fraction of sp³-hybridized carbons (Fsp3) is 0.923. The van der Waals surface area contributed by atoms with Crippen molar-refractivity contribution in [3.8, 4) is 0 Å². The number of carbonyl (C=O) groups excluding carboxylic acids is 1. The molecule has 5 atom stereocenters. The Bertz CT molecular complexity index is 361. The van der Waals surface area contributed by atoms with E-state index in [0.717, 1.165) is 0 Å². The number of hydrogen-bond acceptors (Lipinski definition) is 7. The highest BCUT2D eigenvalue weighted by Gasteiger charge is 2.46. The van der Waals surface area contributed by atoms with Crippen LogP contribution in [0.5, 0.6) is 0 Å². The number of nitrogens with one attached hydrogen (secondary N) is 1. The third-order valence-corrected chi connectivity index (χ3v) is 3.74. The number of hydrogen-bond donors (Lipinski definition) is 5. The summed E-state index contributed by atoms with van der Waals surface area (Å²) in [5.41, 5.74) is 0. The fourth-order valence-corrected chi connectivity index (χ4v) is 2.41. The van der Waals surface area contributed by atoms with Crippen LogP contribution in [0.3, 0.4) is 0 Å². The monoisotopic (exact) mass is 356 g/mol. The summed E-state index contributed by atoms with van der Waals surface area (Å²) >= 11 is 5.54. The number of halogens is 1. The van der Waals surface area contributed by atoms with E-state index < -0.39 is 43.3 Å². The molecular formula is C13H25ClN2O7. The average molecular weight is 357 g/mol. The summed E-state index contributed by atoms with van der Waals surface area (Å²) in [6.45, 7) is 0.233. The Morgan fingerprint density at radius 3 is 2.57 bits per heavy atom. The summed E-state index contributed by atoms with van der Waals surface area (Å²) in [6, 6.07) is -0.536. The van der Waals surface area contributed by atoms with E-state index in [0.29, 0.717) is 13.0 Å². The van der Waals surface area contributed by atoms with Gasteiger partial charge in [-0.1, -0.05) is 0 Å². The van der Waals surface area contributed by atoms with Gasteiger partial charge in [-0.15, -0.1) is 11.6 Å². The van der Waals surface area contributed by atoms with Crippen molar-refractivity contribution in [3.63, 3.8) is 0 Å². The molecule has 1 fully saturated rings. The first kappa shape index (κ1) is 20.4. The maximum atomic E-state index is 12.2. The summed E-state index contributed by atoms with van der Waals surface area (Å²) in [4.78, 5) is 13.4. The van der Waals surface area contributed by atoms with E-state index in [1.54, 1.807) is 0 Å². The number of nitrogens with zero attached hydrogens (tertiary/aromatic N) is 1. The standard InChI is InChI=1S/C13H25ClN2O7/c1-22-6-2-5-16(13(21)15-4-3-14)12-11(20)10(19)9(18)8(7-17)23-12/h8-12,17-20H,2-7H2,1H3,(H,15,21)/t8-,9-,10+,11-,12-/m1/s1. The van der Waals surface area contributed by atoms with Crippen molar-refractivity contribution in [2.45, 2.75) is 37.1 Å². The summed E-state index contributed by atoms with van der Waals surface area (Å²) in [5, 5.41) is 41.6. The van der Waals surface area contributed by atoms with Gasteiger partial charge in [-0.05, 0) is 6.42 Å². The molecule has 9 nitrogen and oxygen atoms in total. The molecule has 136 valence electrons. The Balaban J connectivity index is 2.86. The van der Waals surface area contributed by atoms with E-state index in [1.165, 1.54) is 12.0 Å². The molecule has 5 N–H and O–H groups in total. The molecule has 0 radical (unpaired) electrons. The quantitative estimate of drug-likeness (QED) is 0.253. The van der Waals surface area contributed by atoms with Crippen LogP contribution in [0, 0.1) is 0 Å². The minimum atomic E-state index is -1.54. The van der Waals surface area contributed by atoms with Crippen molar-refractivity contribution in [2.75, 3.05) is 39.3 Å². The Morgan fingerprint density at radius 2 is 2.00 bits per heavy atom. The van der Waals surface area contributed by atoms with Crippen LogP contribution < -0.4 is 5.32 Å². The van der Waals surface area contributed by atoms with Gasteiger partial charge in [-0.25, -0.2) is 4.79 Å². The Morgan fingerprint density at radius 1 is 1.30 bits per heavy atom. The van der Waals surface area contributed by atoms with Crippen LogP contribution >= 0.6 is 11.6 Å². The number of aliphatic hydroxyl groups excluding tert-OH is 4. The van der Waals surface area contributed by atoms with Crippen LogP contribution in [0.25, 0.3) is 0 Å². The van der Waals surface area contributed by atoms with Gasteiger partial charge in [-0.3, -0.25) is 4.90 Å². The third-order valence-electron chi connectivity index (χ3n) is 3.55. The minimum absolute atomic E-state index is 0.185. The number of ether oxygens (including phenoxy) is 2. The number of urea groups is 1. The van der Waals surface area contributed by atoms with Crippen LogP contribution in [0.15, 0.2) is 0 Å². The summed E-state index contributed by atoms with van der Waals surface area (Å²) in [6.07, 6.45) is -6.35. The molecule has 0 saturated carbocycles. The van der Waals surface area contributed by atoms with E-state index in [1.807, 2.05) is 0 Å². The molecule has 0 aromatic rings. The summed E-state index contributed by atoms with van der Waals surface area (Å²) in [5.74, 6) is 0.215. The number of carbonyl (C=O) groups is 1. The highest BCUT2D eigenvalue weighted by Crippen LogP contribution is 2.24. The van der Waals surface area contributed by atoms with Crippen molar-refractivity contribution < 1.29 is 34.7 Å². The van der Waals surface area contributed by atoms with Gasteiger partial charge in [0.05, 0.1) is 6.61 Å². The molecule has 0 aromatic carbocycles. The van der Waals surface area contributed by atoms with Gasteiger partial charge in [0.15, 0.2) is 6.23 Å². The van der Waals surface area contributed by atoms with Crippen LogP contribution in [0.1, 0.15) is 6.42 Å². The second-order valence-electron chi connectivity index (χ2n) is 5.18. The first-order valence-electron chi connectivity index (χ1n) is 7.37. The van der Waals surface area contributed by atoms with Crippen molar-refractivity contribution in [2.24, 2.45) is 0 Å². The van der Waals surface area contributed by atoms with E-state index in [2.05, 4.69) is 5.32 Å². The van der Waals surface area contributed by atoms with Crippen molar-refractivity contribution >= 4 is 17.6 Å². The van der Waals surface area contributed by atoms with Gasteiger partial charge < -0.3 is 35.2 Å². The van der Waals surface area contributed by atoms with Gasteiger partial charge in [0.25, 0.3) is 0 Å². The highest BCUT2D eigenvalue weighted by atomic mass is 35.5. The zero-order valence-electron chi connectivity index (χ0n) is 13.0. The lowest BCUT2D eigenvalue weighted by Gasteiger charge is -2.44. The Labute approximate surface area is 139 Å². The zero-order valence-corrected chi connectivity index (χ0v) is 13.7. The van der Waals surface area contributed by atoms with Gasteiger partial charge >= 0.3 is 6.03 Å². The van der Waals surface area contributed by atoms with Crippen LogP contribution in [-0.2, 0) is 9.47 Å². The molecule has 1 heterocycles. The predicted molar refractivity (Wildman–Crippen MR) is 81.1 cm³/mol. The fourth-order valence-electron chi connectivity index (χ4n) is 2.32. The van der Waals surface area contributed by atoms with Crippen molar-refractivity contribution in [1.82, 2.24) is 10.2 Å². The molecule has 1 aliphatic heterocycles. The third kappa shape index (κ3) is 5.42. The van der Waals surface area contributed by atoms with Gasteiger partial charge in [0, 0.05) is 32.7 Å². The molecular weight excluding hydrogens is 332 g/mol. The number of methoxy groups -OCH3 is 1.